The molecule has 1 heterocycles. The maximum atomic E-state index is 13.6. The fraction of sp³-hybridized carbons (Fsp3) is 0.211. The molecule has 1 atom stereocenters. The lowest BCUT2D eigenvalue weighted by atomic mass is 9.98. The van der Waals surface area contributed by atoms with Crippen LogP contribution in [0.4, 0.5) is 4.39 Å². The first-order chi connectivity index (χ1) is 11.3. The smallest absolute Gasteiger partial charge is 0.123 e. The van der Waals surface area contributed by atoms with Crippen molar-refractivity contribution in [2.45, 2.75) is 26.1 Å². The number of nitrogens with one attached hydrogen (secondary N) is 1. The standard InChI is InChI=1S/C19H20FN3/c1-2-23-14-15(13-22-23)12-21-19(16-7-4-3-5-8-16)17-9-6-10-18(20)11-17/h3-11,13-14,19,21H,2,12H2,1H3. The first-order valence-electron chi connectivity index (χ1n) is 7.81. The van der Waals surface area contributed by atoms with Gasteiger partial charge in [0.2, 0.25) is 0 Å². The van der Waals surface area contributed by atoms with Crippen molar-refractivity contribution in [2.24, 2.45) is 0 Å². The van der Waals surface area contributed by atoms with Gasteiger partial charge in [0, 0.05) is 24.8 Å². The number of hydrogen-bond acceptors (Lipinski definition) is 2. The Morgan fingerprint density at radius 3 is 2.57 bits per heavy atom. The summed E-state index contributed by atoms with van der Waals surface area (Å²) in [6, 6.07) is 16.8. The molecule has 0 aliphatic heterocycles. The van der Waals surface area contributed by atoms with E-state index in [1.165, 1.54) is 6.07 Å². The molecular formula is C19H20FN3. The highest BCUT2D eigenvalue weighted by atomic mass is 19.1. The van der Waals surface area contributed by atoms with Crippen LogP contribution >= 0.6 is 0 Å². The van der Waals surface area contributed by atoms with Crippen LogP contribution in [0.2, 0.25) is 0 Å². The number of aryl methyl sites for hydroxylation is 1. The Morgan fingerprint density at radius 2 is 1.87 bits per heavy atom. The summed E-state index contributed by atoms with van der Waals surface area (Å²) in [6.07, 6.45) is 3.89. The molecule has 3 rings (SSSR count). The Balaban J connectivity index is 1.83. The number of aromatic nitrogens is 2. The van der Waals surface area contributed by atoms with Gasteiger partial charge in [-0.15, -0.1) is 0 Å². The molecule has 2 aromatic carbocycles. The fourth-order valence-electron chi connectivity index (χ4n) is 2.65. The van der Waals surface area contributed by atoms with Gasteiger partial charge in [-0.3, -0.25) is 4.68 Å². The summed E-state index contributed by atoms with van der Waals surface area (Å²) in [6.45, 7) is 3.59. The number of nitrogens with zero attached hydrogens (tertiary/aromatic N) is 2. The molecule has 0 bridgehead atoms. The summed E-state index contributed by atoms with van der Waals surface area (Å²) in [7, 11) is 0. The van der Waals surface area contributed by atoms with Gasteiger partial charge in [-0.1, -0.05) is 42.5 Å². The van der Waals surface area contributed by atoms with Crippen LogP contribution in [-0.2, 0) is 13.1 Å². The summed E-state index contributed by atoms with van der Waals surface area (Å²) in [5, 5.41) is 7.80. The highest BCUT2D eigenvalue weighted by Crippen LogP contribution is 2.23. The quantitative estimate of drug-likeness (QED) is 0.748. The van der Waals surface area contributed by atoms with Crippen LogP contribution in [0.5, 0.6) is 0 Å². The van der Waals surface area contributed by atoms with Crippen LogP contribution in [0.1, 0.15) is 29.7 Å². The molecule has 3 nitrogen and oxygen atoms in total. The van der Waals surface area contributed by atoms with Gasteiger partial charge < -0.3 is 5.32 Å². The van der Waals surface area contributed by atoms with Crippen LogP contribution in [0.15, 0.2) is 67.0 Å². The molecule has 1 aromatic heterocycles. The second-order valence-corrected chi connectivity index (χ2v) is 5.48. The van der Waals surface area contributed by atoms with E-state index in [2.05, 4.69) is 29.5 Å². The minimum Gasteiger partial charge on any atom is -0.302 e. The minimum atomic E-state index is -0.218. The maximum Gasteiger partial charge on any atom is 0.123 e. The third kappa shape index (κ3) is 3.85. The monoisotopic (exact) mass is 309 g/mol. The first-order valence-corrected chi connectivity index (χ1v) is 7.81. The summed E-state index contributed by atoms with van der Waals surface area (Å²) >= 11 is 0. The zero-order chi connectivity index (χ0) is 16.1. The van der Waals surface area contributed by atoms with Crippen LogP contribution < -0.4 is 5.32 Å². The van der Waals surface area contributed by atoms with Crippen molar-refractivity contribution in [3.05, 3.63) is 89.5 Å². The molecule has 0 spiro atoms. The number of halogens is 1. The van der Waals surface area contributed by atoms with Gasteiger partial charge >= 0.3 is 0 Å². The van der Waals surface area contributed by atoms with E-state index in [4.69, 9.17) is 0 Å². The number of benzene rings is 2. The Hall–Kier alpha value is -2.46. The average Bonchev–Trinajstić information content (AvgIpc) is 3.04. The van der Waals surface area contributed by atoms with Crippen LogP contribution in [-0.4, -0.2) is 9.78 Å². The zero-order valence-corrected chi connectivity index (χ0v) is 13.1. The van der Waals surface area contributed by atoms with E-state index in [-0.39, 0.29) is 11.9 Å². The van der Waals surface area contributed by atoms with Gasteiger partial charge in [-0.25, -0.2) is 4.39 Å². The lowest BCUT2D eigenvalue weighted by molar-refractivity contribution is 0.588. The predicted octanol–water partition coefficient (Wildman–Crippen LogP) is 3.92. The summed E-state index contributed by atoms with van der Waals surface area (Å²) in [4.78, 5) is 0. The fourth-order valence-corrected chi connectivity index (χ4v) is 2.65. The second kappa shape index (κ2) is 7.20. The van der Waals surface area contributed by atoms with Crippen molar-refractivity contribution in [3.63, 3.8) is 0 Å². The topological polar surface area (TPSA) is 29.9 Å². The van der Waals surface area contributed by atoms with Gasteiger partial charge in [0.15, 0.2) is 0 Å². The van der Waals surface area contributed by atoms with Crippen LogP contribution in [0.25, 0.3) is 0 Å². The molecule has 4 heteroatoms. The van der Waals surface area contributed by atoms with Gasteiger partial charge in [0.25, 0.3) is 0 Å². The van der Waals surface area contributed by atoms with Crippen LogP contribution in [0, 0.1) is 5.82 Å². The molecule has 0 fully saturated rings. The number of hydrogen-bond donors (Lipinski definition) is 1. The van der Waals surface area contributed by atoms with Crippen molar-refractivity contribution >= 4 is 0 Å². The Morgan fingerprint density at radius 1 is 1.09 bits per heavy atom. The highest BCUT2D eigenvalue weighted by Gasteiger charge is 2.14. The molecular weight excluding hydrogens is 289 g/mol. The van der Waals surface area contributed by atoms with E-state index in [1.54, 1.807) is 12.1 Å². The van der Waals surface area contributed by atoms with E-state index in [0.717, 1.165) is 23.2 Å². The molecule has 23 heavy (non-hydrogen) atoms. The molecule has 3 aromatic rings. The lowest BCUT2D eigenvalue weighted by Crippen LogP contribution is -2.22. The number of rotatable bonds is 6. The van der Waals surface area contributed by atoms with Crippen molar-refractivity contribution in [1.82, 2.24) is 15.1 Å². The van der Waals surface area contributed by atoms with E-state index in [9.17, 15) is 4.39 Å². The summed E-state index contributed by atoms with van der Waals surface area (Å²) in [5.74, 6) is -0.218. The third-order valence-corrected chi connectivity index (χ3v) is 3.84. The van der Waals surface area contributed by atoms with Gasteiger partial charge in [0.1, 0.15) is 5.82 Å². The Bertz CT molecular complexity index is 752. The first kappa shape index (κ1) is 15.4. The van der Waals surface area contributed by atoms with Gasteiger partial charge in [-0.05, 0) is 30.2 Å². The maximum absolute atomic E-state index is 13.6. The Kier molecular flexibility index (Phi) is 4.83. The second-order valence-electron chi connectivity index (χ2n) is 5.48. The molecule has 0 saturated carbocycles. The van der Waals surface area contributed by atoms with E-state index in [1.807, 2.05) is 41.3 Å². The van der Waals surface area contributed by atoms with Crippen LogP contribution in [0.3, 0.4) is 0 Å². The van der Waals surface area contributed by atoms with E-state index in [0.29, 0.717) is 6.54 Å². The van der Waals surface area contributed by atoms with E-state index >= 15 is 0 Å². The summed E-state index contributed by atoms with van der Waals surface area (Å²) < 4.78 is 15.5. The minimum absolute atomic E-state index is 0.0584. The zero-order valence-electron chi connectivity index (χ0n) is 13.1. The molecule has 1 unspecified atom stereocenters. The molecule has 118 valence electrons. The SMILES string of the molecule is CCn1cc(CNC(c2ccccc2)c2cccc(F)c2)cn1. The van der Waals surface area contributed by atoms with E-state index < -0.39 is 0 Å². The lowest BCUT2D eigenvalue weighted by Gasteiger charge is -2.19. The largest absolute Gasteiger partial charge is 0.302 e. The molecule has 0 aliphatic carbocycles. The third-order valence-electron chi connectivity index (χ3n) is 3.84. The Labute approximate surface area is 135 Å². The van der Waals surface area contributed by atoms with Crippen molar-refractivity contribution in [2.75, 3.05) is 0 Å². The van der Waals surface area contributed by atoms with Crippen molar-refractivity contribution in [1.29, 1.82) is 0 Å². The highest BCUT2D eigenvalue weighted by molar-refractivity contribution is 5.32. The van der Waals surface area contributed by atoms with Crippen molar-refractivity contribution < 1.29 is 4.39 Å². The molecule has 0 aliphatic rings. The van der Waals surface area contributed by atoms with Crippen molar-refractivity contribution in [3.8, 4) is 0 Å². The molecule has 0 saturated heterocycles. The molecule has 0 radical (unpaired) electrons. The molecule has 1 N–H and O–H groups in total. The average molecular weight is 309 g/mol. The van der Waals surface area contributed by atoms with Gasteiger partial charge in [0.05, 0.1) is 12.2 Å². The van der Waals surface area contributed by atoms with Gasteiger partial charge in [-0.2, -0.15) is 5.10 Å². The predicted molar refractivity (Wildman–Crippen MR) is 89.4 cm³/mol. The summed E-state index contributed by atoms with van der Waals surface area (Å²) in [5.41, 5.74) is 3.14. The normalized spacial score (nSPS) is 12.3. The molecule has 0 amide bonds.